The van der Waals surface area contributed by atoms with Crippen molar-refractivity contribution in [1.82, 2.24) is 0 Å². The summed E-state index contributed by atoms with van der Waals surface area (Å²) in [6, 6.07) is 4.43. The fourth-order valence-corrected chi connectivity index (χ4v) is 2.88. The van der Waals surface area contributed by atoms with E-state index in [9.17, 15) is 0 Å². The van der Waals surface area contributed by atoms with E-state index in [2.05, 4.69) is 19.1 Å². The Balaban J connectivity index is 2.44. The average Bonchev–Trinajstić information content (AvgIpc) is 2.40. The maximum absolute atomic E-state index is 5.88. The molecule has 0 fully saturated rings. The number of ether oxygens (including phenoxy) is 2. The average molecular weight is 269 g/mol. The molecule has 1 aliphatic heterocycles. The van der Waals surface area contributed by atoms with Crippen LogP contribution in [0.25, 0.3) is 0 Å². The standard InChI is InChI=1S/C15H21ClO2/c1-3-4-12-6-5-11-8-10-18-13(7-9-16)14(11)15(12)17-2/h5-6,13H,3-4,7-10H2,1-2H3. The molecule has 0 aromatic heterocycles. The summed E-state index contributed by atoms with van der Waals surface area (Å²) in [5.74, 6) is 1.63. The molecule has 3 heteroatoms. The van der Waals surface area contributed by atoms with Crippen molar-refractivity contribution in [2.24, 2.45) is 0 Å². The molecule has 1 aromatic rings. The predicted octanol–water partition coefficient (Wildman–Crippen LogP) is 3.89. The monoisotopic (exact) mass is 268 g/mol. The Labute approximate surface area is 114 Å². The zero-order valence-corrected chi connectivity index (χ0v) is 11.9. The van der Waals surface area contributed by atoms with Crippen LogP contribution >= 0.6 is 11.6 Å². The zero-order chi connectivity index (χ0) is 13.0. The highest BCUT2D eigenvalue weighted by Crippen LogP contribution is 2.39. The Morgan fingerprint density at radius 2 is 2.28 bits per heavy atom. The van der Waals surface area contributed by atoms with E-state index in [4.69, 9.17) is 21.1 Å². The third-order valence-electron chi connectivity index (χ3n) is 3.48. The molecule has 0 aliphatic carbocycles. The van der Waals surface area contributed by atoms with Crippen LogP contribution in [-0.4, -0.2) is 19.6 Å². The molecular weight excluding hydrogens is 248 g/mol. The van der Waals surface area contributed by atoms with Gasteiger partial charge in [0.25, 0.3) is 0 Å². The first kappa shape index (κ1) is 13.7. The number of benzene rings is 1. The SMILES string of the molecule is CCCc1ccc2c(c1OC)C(CCCl)OCC2. The first-order valence-corrected chi connectivity index (χ1v) is 7.21. The van der Waals surface area contributed by atoms with Crippen LogP contribution in [0, 0.1) is 0 Å². The van der Waals surface area contributed by atoms with E-state index >= 15 is 0 Å². The molecule has 0 radical (unpaired) electrons. The molecule has 100 valence electrons. The van der Waals surface area contributed by atoms with Gasteiger partial charge in [-0.15, -0.1) is 11.6 Å². The number of halogens is 1. The molecular formula is C15H21ClO2. The van der Waals surface area contributed by atoms with E-state index in [0.29, 0.717) is 5.88 Å². The van der Waals surface area contributed by atoms with Crippen LogP contribution in [0.5, 0.6) is 5.75 Å². The van der Waals surface area contributed by atoms with E-state index in [1.807, 2.05) is 0 Å². The molecule has 2 nitrogen and oxygen atoms in total. The summed E-state index contributed by atoms with van der Waals surface area (Å²) in [4.78, 5) is 0. The summed E-state index contributed by atoms with van der Waals surface area (Å²) in [6.07, 6.45) is 4.08. The second kappa shape index (κ2) is 6.44. The summed E-state index contributed by atoms with van der Waals surface area (Å²) >= 11 is 5.88. The maximum atomic E-state index is 5.88. The summed E-state index contributed by atoms with van der Waals surface area (Å²) < 4.78 is 11.5. The van der Waals surface area contributed by atoms with E-state index in [-0.39, 0.29) is 6.10 Å². The van der Waals surface area contributed by atoms with Gasteiger partial charge in [-0.3, -0.25) is 0 Å². The zero-order valence-electron chi connectivity index (χ0n) is 11.2. The minimum Gasteiger partial charge on any atom is -0.496 e. The van der Waals surface area contributed by atoms with E-state index in [1.165, 1.54) is 16.7 Å². The van der Waals surface area contributed by atoms with Crippen molar-refractivity contribution in [3.05, 3.63) is 28.8 Å². The lowest BCUT2D eigenvalue weighted by Crippen LogP contribution is -2.18. The van der Waals surface area contributed by atoms with Crippen LogP contribution in [0.3, 0.4) is 0 Å². The molecule has 1 aromatic carbocycles. The normalized spacial score (nSPS) is 18.5. The minimum absolute atomic E-state index is 0.0954. The Morgan fingerprint density at radius 3 is 2.94 bits per heavy atom. The van der Waals surface area contributed by atoms with Crippen LogP contribution in [0.1, 0.15) is 42.6 Å². The minimum atomic E-state index is 0.0954. The molecule has 1 heterocycles. The number of hydrogen-bond donors (Lipinski definition) is 0. The number of alkyl halides is 1. The van der Waals surface area contributed by atoms with Gasteiger partial charge in [0.2, 0.25) is 0 Å². The Bertz CT molecular complexity index is 404. The summed E-state index contributed by atoms with van der Waals surface area (Å²) in [5, 5.41) is 0. The van der Waals surface area contributed by atoms with Crippen molar-refractivity contribution >= 4 is 11.6 Å². The highest BCUT2D eigenvalue weighted by Gasteiger charge is 2.25. The third-order valence-corrected chi connectivity index (χ3v) is 3.69. The first-order valence-electron chi connectivity index (χ1n) is 6.68. The van der Waals surface area contributed by atoms with E-state index in [1.54, 1.807) is 7.11 Å². The van der Waals surface area contributed by atoms with Gasteiger partial charge in [-0.25, -0.2) is 0 Å². The Morgan fingerprint density at radius 1 is 1.44 bits per heavy atom. The highest BCUT2D eigenvalue weighted by molar-refractivity contribution is 6.17. The molecule has 0 bridgehead atoms. The third kappa shape index (κ3) is 2.65. The predicted molar refractivity (Wildman–Crippen MR) is 74.7 cm³/mol. The van der Waals surface area contributed by atoms with Crippen molar-refractivity contribution in [3.63, 3.8) is 0 Å². The smallest absolute Gasteiger partial charge is 0.128 e. The van der Waals surface area contributed by atoms with Crippen LogP contribution in [0.15, 0.2) is 12.1 Å². The van der Waals surface area contributed by atoms with Crippen LogP contribution in [0.2, 0.25) is 0 Å². The van der Waals surface area contributed by atoms with Crippen LogP contribution in [-0.2, 0) is 17.6 Å². The number of methoxy groups -OCH3 is 1. The fraction of sp³-hybridized carbons (Fsp3) is 0.600. The molecule has 1 aliphatic rings. The van der Waals surface area contributed by atoms with Crippen molar-refractivity contribution in [2.75, 3.05) is 19.6 Å². The summed E-state index contributed by atoms with van der Waals surface area (Å²) in [7, 11) is 1.75. The Kier molecular flexibility index (Phi) is 4.90. The first-order chi connectivity index (χ1) is 8.81. The number of fused-ring (bicyclic) bond motifs is 1. The maximum Gasteiger partial charge on any atom is 0.128 e. The lowest BCUT2D eigenvalue weighted by Gasteiger charge is -2.28. The molecule has 0 saturated carbocycles. The van der Waals surface area contributed by atoms with Gasteiger partial charge in [0.05, 0.1) is 19.8 Å². The number of rotatable bonds is 5. The molecule has 18 heavy (non-hydrogen) atoms. The molecule has 0 saturated heterocycles. The largest absolute Gasteiger partial charge is 0.496 e. The molecule has 2 rings (SSSR count). The van der Waals surface area contributed by atoms with Gasteiger partial charge in [0.1, 0.15) is 5.75 Å². The van der Waals surface area contributed by atoms with Gasteiger partial charge in [-0.05, 0) is 30.4 Å². The topological polar surface area (TPSA) is 18.5 Å². The lowest BCUT2D eigenvalue weighted by atomic mass is 9.91. The highest BCUT2D eigenvalue weighted by atomic mass is 35.5. The summed E-state index contributed by atoms with van der Waals surface area (Å²) in [5.41, 5.74) is 3.87. The number of hydrogen-bond acceptors (Lipinski definition) is 2. The molecule has 0 amide bonds. The van der Waals surface area contributed by atoms with Crippen LogP contribution in [0.4, 0.5) is 0 Å². The van der Waals surface area contributed by atoms with Gasteiger partial charge >= 0.3 is 0 Å². The quantitative estimate of drug-likeness (QED) is 0.755. The van der Waals surface area contributed by atoms with Gasteiger partial charge in [0, 0.05) is 11.4 Å². The lowest BCUT2D eigenvalue weighted by molar-refractivity contribution is 0.0384. The van der Waals surface area contributed by atoms with Crippen LogP contribution < -0.4 is 4.74 Å². The van der Waals surface area contributed by atoms with Gasteiger partial charge in [-0.2, -0.15) is 0 Å². The van der Waals surface area contributed by atoms with Gasteiger partial charge in [-0.1, -0.05) is 25.5 Å². The number of aryl methyl sites for hydroxylation is 1. The second-order valence-corrected chi connectivity index (χ2v) is 5.05. The van der Waals surface area contributed by atoms with Gasteiger partial charge < -0.3 is 9.47 Å². The Hall–Kier alpha value is -0.730. The van der Waals surface area contributed by atoms with Gasteiger partial charge in [0.15, 0.2) is 0 Å². The van der Waals surface area contributed by atoms with Crippen molar-refractivity contribution in [3.8, 4) is 5.75 Å². The van der Waals surface area contributed by atoms with Crippen molar-refractivity contribution in [2.45, 2.75) is 38.7 Å². The second-order valence-electron chi connectivity index (χ2n) is 4.67. The van der Waals surface area contributed by atoms with E-state index < -0.39 is 0 Å². The molecule has 0 N–H and O–H groups in total. The molecule has 1 unspecified atom stereocenters. The van der Waals surface area contributed by atoms with Crippen molar-refractivity contribution in [1.29, 1.82) is 0 Å². The van der Waals surface area contributed by atoms with E-state index in [0.717, 1.165) is 38.0 Å². The molecule has 1 atom stereocenters. The van der Waals surface area contributed by atoms with Crippen molar-refractivity contribution < 1.29 is 9.47 Å². The fourth-order valence-electron chi connectivity index (χ4n) is 2.68. The molecule has 0 spiro atoms. The summed E-state index contributed by atoms with van der Waals surface area (Å²) in [6.45, 7) is 2.97.